The molecule has 380 valence electrons. The van der Waals surface area contributed by atoms with E-state index in [9.17, 15) is 19.8 Å². The number of carbonyl (C=O) groups excluding carboxylic acids is 2. The van der Waals surface area contributed by atoms with Crippen molar-refractivity contribution in [3.63, 3.8) is 0 Å². The van der Waals surface area contributed by atoms with Gasteiger partial charge >= 0.3 is 0 Å². The highest BCUT2D eigenvalue weighted by Gasteiger charge is 2.36. The quantitative estimate of drug-likeness (QED) is 0.133. The van der Waals surface area contributed by atoms with Crippen molar-refractivity contribution in [2.75, 3.05) is 106 Å². The predicted octanol–water partition coefficient (Wildman–Crippen LogP) is 1.85. The van der Waals surface area contributed by atoms with Gasteiger partial charge in [0.05, 0.1) is 63.9 Å². The van der Waals surface area contributed by atoms with Gasteiger partial charge in [-0.1, -0.05) is 0 Å². The first-order valence-corrected chi connectivity index (χ1v) is 24.0. The van der Waals surface area contributed by atoms with Crippen LogP contribution in [0.3, 0.4) is 0 Å². The second-order valence-electron chi connectivity index (χ2n) is 17.8. The topological polar surface area (TPSA) is 256 Å². The van der Waals surface area contributed by atoms with E-state index in [2.05, 4.69) is 35.1 Å². The molecule has 2 aromatic carbocycles. The predicted molar refractivity (Wildman–Crippen MR) is 267 cm³/mol. The maximum absolute atomic E-state index is 12.8. The zero-order valence-corrected chi connectivity index (χ0v) is 40.8. The smallest absolute Gasteiger partial charge is 0.259 e. The summed E-state index contributed by atoms with van der Waals surface area (Å²) in [6.07, 6.45) is 3.59. The Morgan fingerprint density at radius 2 is 1.36 bits per heavy atom. The Morgan fingerprint density at radius 3 is 1.97 bits per heavy atom. The number of aliphatic hydroxyl groups excluding tert-OH is 2. The summed E-state index contributed by atoms with van der Waals surface area (Å²) in [5, 5.41) is 24.0. The molecule has 4 atom stereocenters. The van der Waals surface area contributed by atoms with E-state index in [0.29, 0.717) is 116 Å². The number of nitrogens with two attached hydrogens (primary N) is 1. The third-order valence-electron chi connectivity index (χ3n) is 12.5. The van der Waals surface area contributed by atoms with Crippen LogP contribution in [0.1, 0.15) is 51.4 Å². The zero-order valence-electron chi connectivity index (χ0n) is 40.8. The molecule has 5 N–H and O–H groups in total. The highest BCUT2D eigenvalue weighted by Crippen LogP contribution is 2.45. The van der Waals surface area contributed by atoms with E-state index in [1.165, 1.54) is 6.20 Å². The average Bonchev–Trinajstić information content (AvgIpc) is 4.09. The monoisotopic (exact) mass is 988 g/mol. The fourth-order valence-corrected chi connectivity index (χ4v) is 9.43. The molecule has 10 rings (SSSR count). The van der Waals surface area contributed by atoms with E-state index in [4.69, 9.17) is 44.1 Å². The molecule has 0 bridgehead atoms. The lowest BCUT2D eigenvalue weighted by Crippen LogP contribution is -2.48. The van der Waals surface area contributed by atoms with Gasteiger partial charge in [-0.2, -0.15) is 0 Å². The van der Waals surface area contributed by atoms with Crippen molar-refractivity contribution in [3.05, 3.63) is 95.1 Å². The lowest BCUT2D eigenvalue weighted by molar-refractivity contribution is -0.0787. The number of carbonyl (C=O) groups is 2. The van der Waals surface area contributed by atoms with Gasteiger partial charge in [0, 0.05) is 82.1 Å². The van der Waals surface area contributed by atoms with Crippen LogP contribution in [0.5, 0.6) is 23.0 Å². The number of methoxy groups -OCH3 is 2. The first-order valence-electron chi connectivity index (χ1n) is 24.0. The molecule has 72 heavy (non-hydrogen) atoms. The van der Waals surface area contributed by atoms with Crippen LogP contribution in [0, 0.1) is 0 Å². The molecule has 6 aliphatic rings. The molecule has 4 aromatic rings. The molecule has 0 aliphatic carbocycles. The number of aliphatic imine (C=N–C) groups is 4. The lowest BCUT2D eigenvalue weighted by Gasteiger charge is -2.36. The van der Waals surface area contributed by atoms with Crippen LogP contribution < -0.4 is 30.0 Å². The molecule has 2 fully saturated rings. The Kier molecular flexibility index (Phi) is 15.6. The maximum atomic E-state index is 12.8. The number of hydrogen-bond donors (Lipinski definition) is 4. The van der Waals surface area contributed by atoms with Crippen LogP contribution >= 0.6 is 0 Å². The second kappa shape index (κ2) is 22.6. The fraction of sp³-hybridized carbons (Fsp3) is 0.440. The molecule has 2 amide bonds. The fourth-order valence-electron chi connectivity index (χ4n) is 9.43. The van der Waals surface area contributed by atoms with Crippen molar-refractivity contribution in [3.8, 4) is 23.0 Å². The van der Waals surface area contributed by atoms with Gasteiger partial charge in [-0.25, -0.2) is 9.98 Å². The van der Waals surface area contributed by atoms with Crippen molar-refractivity contribution in [1.82, 2.24) is 34.9 Å². The van der Waals surface area contributed by atoms with E-state index in [1.54, 1.807) is 63.0 Å². The van der Waals surface area contributed by atoms with Crippen LogP contribution in [0.2, 0.25) is 0 Å². The van der Waals surface area contributed by atoms with Gasteiger partial charge in [0.15, 0.2) is 28.8 Å². The summed E-state index contributed by atoms with van der Waals surface area (Å²) in [4.78, 5) is 60.3. The van der Waals surface area contributed by atoms with E-state index in [0.717, 1.165) is 43.1 Å². The number of fused-ring (bicyclic) bond motifs is 6. The van der Waals surface area contributed by atoms with Gasteiger partial charge in [-0.15, -0.1) is 0 Å². The van der Waals surface area contributed by atoms with Gasteiger partial charge in [0.2, 0.25) is 5.96 Å². The Bertz CT molecular complexity index is 2740. The van der Waals surface area contributed by atoms with Crippen LogP contribution in [0.15, 0.2) is 87.1 Å². The van der Waals surface area contributed by atoms with Crippen LogP contribution in [-0.2, 0) is 9.47 Å². The van der Waals surface area contributed by atoms with Crippen LogP contribution in [0.25, 0.3) is 0 Å². The lowest BCUT2D eigenvalue weighted by atomic mass is 10.0. The number of β-amino-alcohol motifs (C(OH)–C–C–N with tert-alkyl or cyclic N) is 2. The van der Waals surface area contributed by atoms with Crippen molar-refractivity contribution < 1.29 is 48.2 Å². The van der Waals surface area contributed by atoms with E-state index >= 15 is 0 Å². The number of amides is 2. The second-order valence-corrected chi connectivity index (χ2v) is 17.8. The molecule has 22 nitrogen and oxygen atoms in total. The number of ether oxygens (including phenoxy) is 6. The van der Waals surface area contributed by atoms with Crippen molar-refractivity contribution in [2.24, 2.45) is 25.7 Å². The first-order chi connectivity index (χ1) is 35.0. The maximum Gasteiger partial charge on any atom is 0.259 e. The number of guanidine groups is 1. The molecular weight excluding hydrogens is 929 g/mol. The molecule has 2 aromatic heterocycles. The molecule has 2 saturated heterocycles. The summed E-state index contributed by atoms with van der Waals surface area (Å²) in [5.74, 6) is 3.13. The molecule has 0 radical (unpaired) electrons. The van der Waals surface area contributed by atoms with Gasteiger partial charge in [-0.05, 0) is 62.4 Å². The molecule has 6 aliphatic heterocycles. The Labute approximate surface area is 416 Å². The molecule has 8 heterocycles. The summed E-state index contributed by atoms with van der Waals surface area (Å²) in [6, 6.07) is 14.0. The van der Waals surface area contributed by atoms with E-state index in [-0.39, 0.29) is 36.9 Å². The van der Waals surface area contributed by atoms with Crippen molar-refractivity contribution >= 4 is 46.7 Å². The summed E-state index contributed by atoms with van der Waals surface area (Å²) in [7, 11) is 3.09. The minimum Gasteiger partial charge on any atom is -0.491 e. The van der Waals surface area contributed by atoms with Crippen molar-refractivity contribution in [1.29, 1.82) is 0 Å². The number of rotatable bonds is 15. The van der Waals surface area contributed by atoms with E-state index < -0.39 is 18.1 Å². The van der Waals surface area contributed by atoms with Crippen LogP contribution in [-0.4, -0.2) is 206 Å². The number of aliphatic hydroxyl groups is 2. The van der Waals surface area contributed by atoms with E-state index in [1.807, 2.05) is 35.8 Å². The minimum absolute atomic E-state index is 0.0883. The number of benzene rings is 2. The Hall–Kier alpha value is -7.08. The number of nitrogens with one attached hydrogen (secondary N) is 1. The van der Waals surface area contributed by atoms with Crippen LogP contribution in [0.4, 0.5) is 11.4 Å². The molecule has 22 heteroatoms. The third kappa shape index (κ3) is 11.0. The molecule has 0 unspecified atom stereocenters. The van der Waals surface area contributed by atoms with Crippen molar-refractivity contribution in [2.45, 2.75) is 38.3 Å². The molecule has 0 spiro atoms. The number of aromatic nitrogens is 2. The molecular formula is C50H60N12O10. The normalized spacial score (nSPS) is 20.1. The third-order valence-corrected chi connectivity index (χ3v) is 12.5. The highest BCUT2D eigenvalue weighted by molar-refractivity contribution is 6.23. The number of primary amides is 1. The Morgan fingerprint density at radius 1 is 0.764 bits per heavy atom. The van der Waals surface area contributed by atoms with Gasteiger partial charge in [0.1, 0.15) is 54.2 Å². The standard InChI is InChI=1S/C26H32N6O5.C24H28N6O5/c1-15-11-31(12-16(2)37-15)13-17(33)14-36-20-7-6-19-21(23(20)35-3)30-26(32-10-9-29-25(19)32)22-18(24(27)34)5-4-8-28-22;1-33-21-19(35-15-17(31)14-29-9-11-34-12-10-29)5-4-18-20(21)27-24(30-8-7-26-22(18)30)28-23(32)16-3-2-6-25-13-16/h4-8,15-17,33H,9-14H2,1-3H3,(H2,27,34);2-6,13,17,31H,7-12,14-15H2,1H3,(H,27,28,32)/t15-,16+,17-;17-/m10/s1. The number of pyridine rings is 2. The zero-order chi connectivity index (χ0) is 50.3. The largest absolute Gasteiger partial charge is 0.491 e. The number of nitrogens with zero attached hydrogens (tertiary/aromatic N) is 10. The minimum atomic E-state index is -0.696. The summed E-state index contributed by atoms with van der Waals surface area (Å²) >= 11 is 0. The number of hydrogen-bond acceptors (Lipinski definition) is 20. The first kappa shape index (κ1) is 49.9. The average molecular weight is 989 g/mol. The number of morpholine rings is 2. The summed E-state index contributed by atoms with van der Waals surface area (Å²) in [5.41, 5.74) is 9.34. The van der Waals surface area contributed by atoms with Gasteiger partial charge < -0.3 is 49.3 Å². The summed E-state index contributed by atoms with van der Waals surface area (Å²) < 4.78 is 34.5. The number of amidine groups is 3. The summed E-state index contributed by atoms with van der Waals surface area (Å²) in [6.45, 7) is 12.1. The SMILES string of the molecule is COc1c(OC[C@@H](O)CN2CCOCC2)ccc2c1N=C(NC(=O)c1cccnc1)N1CCN=C21.COc1c(OC[C@H](O)CN2C[C@@H](C)O[C@@H](C)C2)ccc2c1N=C(c1ncccc1C(N)=O)N1CCN=C21. The van der Waals surface area contributed by atoms with Gasteiger partial charge in [-0.3, -0.25) is 49.6 Å². The molecule has 0 saturated carbocycles. The Balaban J connectivity index is 0.000000178. The highest BCUT2D eigenvalue weighted by atomic mass is 16.5. The van der Waals surface area contributed by atoms with Gasteiger partial charge in [0.25, 0.3) is 11.8 Å².